The molecule has 0 aromatic heterocycles. The Balaban J connectivity index is 1.39. The maximum Gasteiger partial charge on any atom is 0.240 e. The standard InChI is InChI=1S/C22H28N2O6S2/c25-31(26,23-15-19-3-1-13-29-19)21-9-5-17(6-10-21)18-7-11-22(12-8-18)32(27,28)24-16-20-4-2-14-30-20/h5-12,19-20,23-24H,1-4,13-16H2/t19-,20+. The number of nitrogens with one attached hydrogen (secondary N) is 2. The van der Waals surface area contributed by atoms with Crippen LogP contribution in [0.4, 0.5) is 0 Å². The first-order chi connectivity index (χ1) is 15.3. The molecular formula is C22H28N2O6S2. The Kier molecular flexibility index (Phi) is 7.28. The highest BCUT2D eigenvalue weighted by Gasteiger charge is 2.21. The molecule has 0 radical (unpaired) electrons. The first-order valence-electron chi connectivity index (χ1n) is 10.8. The smallest absolute Gasteiger partial charge is 0.240 e. The third-order valence-corrected chi connectivity index (χ3v) is 8.59. The maximum atomic E-state index is 12.5. The van der Waals surface area contributed by atoms with Gasteiger partial charge in [0.15, 0.2) is 0 Å². The minimum absolute atomic E-state index is 0.0704. The summed E-state index contributed by atoms with van der Waals surface area (Å²) in [6.07, 6.45) is 3.48. The molecule has 0 saturated carbocycles. The summed E-state index contributed by atoms with van der Waals surface area (Å²) >= 11 is 0. The van der Waals surface area contributed by atoms with Gasteiger partial charge in [-0.05, 0) is 61.1 Å². The van der Waals surface area contributed by atoms with Crippen LogP contribution in [0.5, 0.6) is 0 Å². The van der Waals surface area contributed by atoms with Crippen LogP contribution in [0.2, 0.25) is 0 Å². The van der Waals surface area contributed by atoms with Gasteiger partial charge in [0, 0.05) is 26.3 Å². The van der Waals surface area contributed by atoms with E-state index in [1.54, 1.807) is 48.5 Å². The Labute approximate surface area is 189 Å². The van der Waals surface area contributed by atoms with E-state index in [-0.39, 0.29) is 35.1 Å². The summed E-state index contributed by atoms with van der Waals surface area (Å²) in [5, 5.41) is 0. The van der Waals surface area contributed by atoms with Crippen LogP contribution < -0.4 is 9.44 Å². The van der Waals surface area contributed by atoms with Crippen molar-refractivity contribution in [2.45, 2.75) is 47.7 Å². The van der Waals surface area contributed by atoms with Gasteiger partial charge >= 0.3 is 0 Å². The molecule has 0 unspecified atom stereocenters. The second kappa shape index (κ2) is 9.98. The third-order valence-electron chi connectivity index (χ3n) is 5.71. The fourth-order valence-electron chi connectivity index (χ4n) is 3.84. The molecule has 10 heteroatoms. The molecule has 2 aromatic carbocycles. The van der Waals surface area contributed by atoms with E-state index in [1.165, 1.54) is 0 Å². The highest BCUT2D eigenvalue weighted by Crippen LogP contribution is 2.23. The van der Waals surface area contributed by atoms with Crippen LogP contribution in [-0.4, -0.2) is 55.3 Å². The summed E-state index contributed by atoms with van der Waals surface area (Å²) in [5.41, 5.74) is 1.58. The molecule has 2 aromatic rings. The van der Waals surface area contributed by atoms with Gasteiger partial charge in [0.1, 0.15) is 0 Å². The van der Waals surface area contributed by atoms with E-state index >= 15 is 0 Å². The van der Waals surface area contributed by atoms with Crippen molar-refractivity contribution in [1.82, 2.24) is 9.44 Å². The molecule has 0 spiro atoms. The first-order valence-corrected chi connectivity index (χ1v) is 13.7. The lowest BCUT2D eigenvalue weighted by molar-refractivity contribution is 0.114. The topological polar surface area (TPSA) is 111 Å². The quantitative estimate of drug-likeness (QED) is 0.570. The largest absolute Gasteiger partial charge is 0.377 e. The van der Waals surface area contributed by atoms with Gasteiger partial charge in [-0.1, -0.05) is 24.3 Å². The van der Waals surface area contributed by atoms with Gasteiger partial charge in [0.2, 0.25) is 20.0 Å². The minimum atomic E-state index is -3.61. The third kappa shape index (κ3) is 5.75. The molecule has 2 fully saturated rings. The second-order valence-electron chi connectivity index (χ2n) is 8.02. The Bertz CT molecular complexity index is 1010. The molecule has 2 aliphatic rings. The van der Waals surface area contributed by atoms with E-state index in [0.29, 0.717) is 13.2 Å². The van der Waals surface area contributed by atoms with Gasteiger partial charge in [-0.3, -0.25) is 0 Å². The van der Waals surface area contributed by atoms with Gasteiger partial charge in [0.25, 0.3) is 0 Å². The molecule has 174 valence electrons. The summed E-state index contributed by atoms with van der Waals surface area (Å²) < 4.78 is 66.1. The summed E-state index contributed by atoms with van der Waals surface area (Å²) in [4.78, 5) is 0.355. The molecule has 4 rings (SSSR count). The van der Waals surface area contributed by atoms with Crippen molar-refractivity contribution in [3.8, 4) is 11.1 Å². The predicted molar refractivity (Wildman–Crippen MR) is 120 cm³/mol. The first kappa shape index (κ1) is 23.3. The van der Waals surface area contributed by atoms with Gasteiger partial charge in [-0.15, -0.1) is 0 Å². The van der Waals surface area contributed by atoms with Gasteiger partial charge in [-0.25, -0.2) is 26.3 Å². The lowest BCUT2D eigenvalue weighted by Gasteiger charge is -2.12. The van der Waals surface area contributed by atoms with Crippen molar-refractivity contribution >= 4 is 20.0 Å². The van der Waals surface area contributed by atoms with Crippen LogP contribution in [0.1, 0.15) is 25.7 Å². The fraction of sp³-hybridized carbons (Fsp3) is 0.455. The average molecular weight is 481 g/mol. The molecular weight excluding hydrogens is 452 g/mol. The van der Waals surface area contributed by atoms with Gasteiger partial charge in [-0.2, -0.15) is 0 Å². The Morgan fingerprint density at radius 2 is 1.03 bits per heavy atom. The van der Waals surface area contributed by atoms with Crippen LogP contribution in [-0.2, 0) is 29.5 Å². The van der Waals surface area contributed by atoms with E-state index in [4.69, 9.17) is 9.47 Å². The summed E-state index contributed by atoms with van der Waals surface area (Å²) in [6, 6.07) is 13.0. The van der Waals surface area contributed by atoms with Crippen LogP contribution in [0.15, 0.2) is 58.3 Å². The number of benzene rings is 2. The molecule has 2 atom stereocenters. The number of rotatable bonds is 9. The van der Waals surface area contributed by atoms with Crippen molar-refractivity contribution < 1.29 is 26.3 Å². The van der Waals surface area contributed by atoms with E-state index in [1.807, 2.05) is 0 Å². The Morgan fingerprint density at radius 1 is 0.656 bits per heavy atom. The molecule has 2 N–H and O–H groups in total. The predicted octanol–water partition coefficient (Wildman–Crippen LogP) is 2.27. The molecule has 0 aliphatic carbocycles. The van der Waals surface area contributed by atoms with Crippen molar-refractivity contribution in [1.29, 1.82) is 0 Å². The fourth-order valence-corrected chi connectivity index (χ4v) is 5.97. The SMILES string of the molecule is O=S(=O)(NC[C@H]1CCCO1)c1ccc(-c2ccc(S(=O)(=O)NC[C@@H]3CCCO3)cc2)cc1. The number of hydrogen-bond donors (Lipinski definition) is 2. The second-order valence-corrected chi connectivity index (χ2v) is 11.6. The summed E-state index contributed by atoms with van der Waals surface area (Å²) in [7, 11) is -7.23. The van der Waals surface area contributed by atoms with Gasteiger partial charge < -0.3 is 9.47 Å². The van der Waals surface area contributed by atoms with Crippen LogP contribution in [0, 0.1) is 0 Å². The number of ether oxygens (including phenoxy) is 2. The minimum Gasteiger partial charge on any atom is -0.377 e. The van der Waals surface area contributed by atoms with Crippen LogP contribution >= 0.6 is 0 Å². The van der Waals surface area contributed by atoms with E-state index < -0.39 is 20.0 Å². The lowest BCUT2D eigenvalue weighted by Crippen LogP contribution is -2.31. The van der Waals surface area contributed by atoms with Crippen molar-refractivity contribution in [3.05, 3.63) is 48.5 Å². The van der Waals surface area contributed by atoms with E-state index in [2.05, 4.69) is 9.44 Å². The monoisotopic (exact) mass is 480 g/mol. The zero-order valence-electron chi connectivity index (χ0n) is 17.7. The lowest BCUT2D eigenvalue weighted by atomic mass is 10.1. The molecule has 8 nitrogen and oxygen atoms in total. The van der Waals surface area contributed by atoms with Crippen molar-refractivity contribution in [2.75, 3.05) is 26.3 Å². The molecule has 0 amide bonds. The number of hydrogen-bond acceptors (Lipinski definition) is 6. The maximum absolute atomic E-state index is 12.5. The average Bonchev–Trinajstić information content (AvgIpc) is 3.51. The summed E-state index contributed by atoms with van der Waals surface area (Å²) in [5.74, 6) is 0. The molecule has 2 aliphatic heterocycles. The highest BCUT2D eigenvalue weighted by atomic mass is 32.2. The normalized spacial score (nSPS) is 21.8. The Morgan fingerprint density at radius 3 is 1.34 bits per heavy atom. The van der Waals surface area contributed by atoms with Crippen LogP contribution in [0.3, 0.4) is 0 Å². The zero-order chi connectivity index (χ0) is 22.6. The van der Waals surface area contributed by atoms with Crippen LogP contribution in [0.25, 0.3) is 11.1 Å². The van der Waals surface area contributed by atoms with Crippen molar-refractivity contribution in [2.24, 2.45) is 0 Å². The van der Waals surface area contributed by atoms with Crippen molar-refractivity contribution in [3.63, 3.8) is 0 Å². The Hall–Kier alpha value is -1.82. The van der Waals surface area contributed by atoms with Gasteiger partial charge in [0.05, 0.1) is 22.0 Å². The molecule has 0 bridgehead atoms. The molecule has 2 saturated heterocycles. The molecule has 32 heavy (non-hydrogen) atoms. The highest BCUT2D eigenvalue weighted by molar-refractivity contribution is 7.89. The number of sulfonamides is 2. The zero-order valence-corrected chi connectivity index (χ0v) is 19.3. The van der Waals surface area contributed by atoms with E-state index in [0.717, 1.165) is 36.8 Å². The molecule has 2 heterocycles. The summed E-state index contributed by atoms with van der Waals surface area (Å²) in [6.45, 7) is 1.88. The van der Waals surface area contributed by atoms with E-state index in [9.17, 15) is 16.8 Å².